The zero-order valence-electron chi connectivity index (χ0n) is 13.1. The van der Waals surface area contributed by atoms with Gasteiger partial charge in [0.25, 0.3) is 5.91 Å². The van der Waals surface area contributed by atoms with Crippen LogP contribution in [0.5, 0.6) is 0 Å². The first-order valence-corrected chi connectivity index (χ1v) is 7.69. The van der Waals surface area contributed by atoms with Crippen molar-refractivity contribution in [3.05, 3.63) is 11.6 Å². The highest BCUT2D eigenvalue weighted by Gasteiger charge is 2.40. The summed E-state index contributed by atoms with van der Waals surface area (Å²) in [5.74, 6) is 0.0626. The number of amides is 2. The third-order valence-electron chi connectivity index (χ3n) is 4.02. The van der Waals surface area contributed by atoms with E-state index in [-0.39, 0.29) is 17.9 Å². The summed E-state index contributed by atoms with van der Waals surface area (Å²) >= 11 is 0. The van der Waals surface area contributed by atoms with Crippen LogP contribution < -0.4 is 0 Å². The van der Waals surface area contributed by atoms with Crippen molar-refractivity contribution in [3.63, 3.8) is 0 Å². The lowest BCUT2D eigenvalue weighted by molar-refractivity contribution is -0.125. The van der Waals surface area contributed by atoms with Crippen molar-refractivity contribution in [2.24, 2.45) is 5.92 Å². The van der Waals surface area contributed by atoms with E-state index < -0.39 is 6.09 Å². The van der Waals surface area contributed by atoms with Crippen molar-refractivity contribution in [2.45, 2.75) is 65.8 Å². The first-order chi connectivity index (χ1) is 9.52. The summed E-state index contributed by atoms with van der Waals surface area (Å²) in [6.45, 7) is 8.37. The molecule has 2 amide bonds. The smallest absolute Gasteiger partial charge is 0.417 e. The Labute approximate surface area is 122 Å². The van der Waals surface area contributed by atoms with E-state index in [1.165, 1.54) is 11.3 Å². The first-order valence-electron chi connectivity index (χ1n) is 7.69. The Kier molecular flexibility index (Phi) is 6.76. The van der Waals surface area contributed by atoms with Gasteiger partial charge in [-0.05, 0) is 25.7 Å². The van der Waals surface area contributed by atoms with E-state index in [1.807, 2.05) is 13.0 Å². The fourth-order valence-electron chi connectivity index (χ4n) is 2.35. The molecule has 1 rings (SSSR count). The quantitative estimate of drug-likeness (QED) is 0.525. The van der Waals surface area contributed by atoms with E-state index in [9.17, 15) is 9.59 Å². The van der Waals surface area contributed by atoms with Crippen LogP contribution in [0.2, 0.25) is 0 Å². The van der Waals surface area contributed by atoms with Crippen molar-refractivity contribution in [1.29, 1.82) is 0 Å². The molecule has 0 spiro atoms. The van der Waals surface area contributed by atoms with Crippen LogP contribution >= 0.6 is 0 Å². The molecule has 4 heteroatoms. The number of hydrogen-bond donors (Lipinski definition) is 0. The third-order valence-corrected chi connectivity index (χ3v) is 4.02. The summed E-state index contributed by atoms with van der Waals surface area (Å²) in [5.41, 5.74) is 0.647. The van der Waals surface area contributed by atoms with Crippen molar-refractivity contribution < 1.29 is 14.3 Å². The van der Waals surface area contributed by atoms with Gasteiger partial charge in [-0.3, -0.25) is 4.79 Å². The zero-order valence-corrected chi connectivity index (χ0v) is 13.1. The lowest BCUT2D eigenvalue weighted by atomic mass is 9.98. The van der Waals surface area contributed by atoms with Crippen LogP contribution in [0, 0.1) is 5.92 Å². The highest BCUT2D eigenvalue weighted by Crippen LogP contribution is 2.24. The van der Waals surface area contributed by atoms with Gasteiger partial charge in [-0.2, -0.15) is 0 Å². The molecule has 0 aromatic carbocycles. The highest BCUT2D eigenvalue weighted by molar-refractivity contribution is 6.03. The molecular weight excluding hydrogens is 254 g/mol. The van der Waals surface area contributed by atoms with Gasteiger partial charge in [0.1, 0.15) is 6.61 Å². The Balaban J connectivity index is 2.70. The van der Waals surface area contributed by atoms with Gasteiger partial charge in [0, 0.05) is 5.57 Å². The highest BCUT2D eigenvalue weighted by atomic mass is 16.6. The average molecular weight is 281 g/mol. The molecular formula is C16H27NO3. The molecule has 2 atom stereocenters. The van der Waals surface area contributed by atoms with Crippen LogP contribution in [0.25, 0.3) is 0 Å². The van der Waals surface area contributed by atoms with E-state index >= 15 is 0 Å². The molecule has 1 unspecified atom stereocenters. The van der Waals surface area contributed by atoms with Gasteiger partial charge in [0.15, 0.2) is 0 Å². The largest absolute Gasteiger partial charge is 0.447 e. The minimum atomic E-state index is -0.499. The summed E-state index contributed by atoms with van der Waals surface area (Å²) in [6, 6.07) is -0.126. The molecule has 0 aliphatic carbocycles. The van der Waals surface area contributed by atoms with Gasteiger partial charge in [-0.25, -0.2) is 9.69 Å². The Morgan fingerprint density at radius 3 is 2.75 bits per heavy atom. The van der Waals surface area contributed by atoms with Crippen molar-refractivity contribution in [1.82, 2.24) is 4.90 Å². The Hall–Kier alpha value is -1.32. The maximum Gasteiger partial charge on any atom is 0.417 e. The lowest BCUT2D eigenvalue weighted by Gasteiger charge is -2.24. The predicted molar refractivity (Wildman–Crippen MR) is 79.3 cm³/mol. The van der Waals surface area contributed by atoms with Crippen LogP contribution in [0.1, 0.15) is 59.8 Å². The number of nitrogens with zero attached hydrogens (tertiary/aromatic N) is 1. The van der Waals surface area contributed by atoms with Crippen LogP contribution in [0.3, 0.4) is 0 Å². The number of imide groups is 1. The van der Waals surface area contributed by atoms with Gasteiger partial charge in [-0.15, -0.1) is 0 Å². The number of carbonyl (C=O) groups excluding carboxylic acids is 2. The summed E-state index contributed by atoms with van der Waals surface area (Å²) < 4.78 is 5.05. The van der Waals surface area contributed by atoms with Gasteiger partial charge in [0.2, 0.25) is 0 Å². The van der Waals surface area contributed by atoms with Crippen molar-refractivity contribution in [2.75, 3.05) is 6.61 Å². The summed E-state index contributed by atoms with van der Waals surface area (Å²) in [4.78, 5) is 25.5. The Morgan fingerprint density at radius 2 is 2.15 bits per heavy atom. The minimum absolute atomic E-state index is 0.126. The van der Waals surface area contributed by atoms with E-state index in [4.69, 9.17) is 4.74 Å². The van der Waals surface area contributed by atoms with Gasteiger partial charge >= 0.3 is 6.09 Å². The second-order valence-electron chi connectivity index (χ2n) is 5.59. The number of hydrogen-bond acceptors (Lipinski definition) is 3. The van der Waals surface area contributed by atoms with Crippen molar-refractivity contribution in [3.8, 4) is 0 Å². The first kappa shape index (κ1) is 16.7. The third kappa shape index (κ3) is 4.09. The van der Waals surface area contributed by atoms with Crippen LogP contribution in [0.4, 0.5) is 4.79 Å². The molecule has 0 N–H and O–H groups in total. The summed E-state index contributed by atoms with van der Waals surface area (Å²) in [6.07, 6.45) is 6.67. The number of rotatable bonds is 7. The molecule has 1 heterocycles. The molecule has 1 aliphatic rings. The number of unbranched alkanes of at least 4 members (excludes halogenated alkanes) is 3. The minimum Gasteiger partial charge on any atom is -0.447 e. The topological polar surface area (TPSA) is 46.6 Å². The van der Waals surface area contributed by atoms with Crippen LogP contribution in [-0.2, 0) is 9.53 Å². The van der Waals surface area contributed by atoms with Gasteiger partial charge in [0.05, 0.1) is 6.04 Å². The predicted octanol–water partition coefficient (Wildman–Crippen LogP) is 3.91. The fraction of sp³-hybridized carbons (Fsp3) is 0.750. The molecule has 0 saturated carbocycles. The number of cyclic esters (lactones) is 1. The number of ether oxygens (including phenoxy) is 1. The Bertz CT molecular complexity index is 376. The van der Waals surface area contributed by atoms with E-state index in [0.717, 1.165) is 25.7 Å². The molecule has 0 radical (unpaired) electrons. The lowest BCUT2D eigenvalue weighted by Crippen LogP contribution is -2.42. The molecule has 0 aromatic heterocycles. The van der Waals surface area contributed by atoms with Crippen LogP contribution in [0.15, 0.2) is 11.6 Å². The molecule has 20 heavy (non-hydrogen) atoms. The SMILES string of the molecule is CCCCC/C=C(\C)C(=O)N1C(=O)OC[C@@H]1C(C)CC. The fourth-order valence-corrected chi connectivity index (χ4v) is 2.35. The van der Waals surface area contributed by atoms with Gasteiger partial charge < -0.3 is 4.74 Å². The van der Waals surface area contributed by atoms with Crippen LogP contribution in [-0.4, -0.2) is 29.5 Å². The molecule has 4 nitrogen and oxygen atoms in total. The summed E-state index contributed by atoms with van der Waals surface area (Å²) in [5, 5.41) is 0. The monoisotopic (exact) mass is 281 g/mol. The molecule has 1 saturated heterocycles. The molecule has 0 aromatic rings. The summed E-state index contributed by atoms with van der Waals surface area (Å²) in [7, 11) is 0. The maximum absolute atomic E-state index is 12.4. The number of carbonyl (C=O) groups is 2. The second-order valence-corrected chi connectivity index (χ2v) is 5.59. The van der Waals surface area contributed by atoms with E-state index in [2.05, 4.69) is 13.8 Å². The molecule has 1 fully saturated rings. The standard InChI is InChI=1S/C16H27NO3/c1-5-7-8-9-10-13(4)15(18)17-14(12(3)6-2)11-20-16(17)19/h10,12,14H,5-9,11H2,1-4H3/b13-10+/t12?,14-/m1/s1. The van der Waals surface area contributed by atoms with E-state index in [1.54, 1.807) is 6.92 Å². The normalized spacial score (nSPS) is 21.0. The molecule has 1 aliphatic heterocycles. The second kappa shape index (κ2) is 8.08. The maximum atomic E-state index is 12.4. The molecule has 114 valence electrons. The average Bonchev–Trinajstić information content (AvgIpc) is 2.83. The van der Waals surface area contributed by atoms with E-state index in [0.29, 0.717) is 12.2 Å². The van der Waals surface area contributed by atoms with Gasteiger partial charge in [-0.1, -0.05) is 46.1 Å². The Morgan fingerprint density at radius 1 is 1.45 bits per heavy atom. The molecule has 0 bridgehead atoms. The van der Waals surface area contributed by atoms with Crippen molar-refractivity contribution >= 4 is 12.0 Å². The number of allylic oxidation sites excluding steroid dienone is 1. The zero-order chi connectivity index (χ0) is 15.1.